The van der Waals surface area contributed by atoms with Gasteiger partial charge in [0.05, 0.1) is 5.56 Å². The van der Waals surface area contributed by atoms with Crippen LogP contribution < -0.4 is 10.5 Å². The van der Waals surface area contributed by atoms with Gasteiger partial charge in [0.15, 0.2) is 0 Å². The summed E-state index contributed by atoms with van der Waals surface area (Å²) >= 11 is 0. The molecule has 2 N–H and O–H groups in total. The molecular weight excluding hydrogens is 279 g/mol. The van der Waals surface area contributed by atoms with Crippen LogP contribution in [0.1, 0.15) is 16.7 Å². The van der Waals surface area contributed by atoms with E-state index in [1.165, 1.54) is 6.07 Å². The molecule has 0 radical (unpaired) electrons. The third-order valence-corrected chi connectivity index (χ3v) is 3.02. The van der Waals surface area contributed by atoms with Gasteiger partial charge in [0.1, 0.15) is 12.4 Å². The molecule has 0 amide bonds. The van der Waals surface area contributed by atoms with Crippen LogP contribution >= 0.6 is 0 Å². The molecule has 0 aliphatic heterocycles. The number of alkyl halides is 3. The van der Waals surface area contributed by atoms with Gasteiger partial charge in [0.25, 0.3) is 0 Å². The molecule has 0 saturated carbocycles. The molecule has 0 heterocycles. The van der Waals surface area contributed by atoms with E-state index in [4.69, 9.17) is 10.5 Å². The Balaban J connectivity index is 1.99. The summed E-state index contributed by atoms with van der Waals surface area (Å²) in [6, 6.07) is 12.5. The lowest BCUT2D eigenvalue weighted by atomic mass is 10.1. The highest BCUT2D eigenvalue weighted by molar-refractivity contribution is 5.29. The Morgan fingerprint density at radius 2 is 1.67 bits per heavy atom. The van der Waals surface area contributed by atoms with Crippen molar-refractivity contribution in [3.63, 3.8) is 0 Å². The molecule has 21 heavy (non-hydrogen) atoms. The Hall–Kier alpha value is -2.01. The van der Waals surface area contributed by atoms with E-state index in [1.54, 1.807) is 18.2 Å². The van der Waals surface area contributed by atoms with E-state index in [-0.39, 0.29) is 6.61 Å². The maximum atomic E-state index is 12.6. The normalized spacial score (nSPS) is 11.4. The van der Waals surface area contributed by atoms with Crippen molar-refractivity contribution in [2.24, 2.45) is 5.73 Å². The summed E-state index contributed by atoms with van der Waals surface area (Å²) in [5.74, 6) is 0.619. The number of benzene rings is 2. The molecule has 0 spiro atoms. The Morgan fingerprint density at radius 1 is 0.952 bits per heavy atom. The standard InChI is InChI=1S/C16H16F3NO/c17-16(18,19)14-3-1-2-13(10-14)11-21-15-6-4-12(5-7-15)8-9-20/h1-7,10H,8-9,11,20H2. The van der Waals surface area contributed by atoms with Gasteiger partial charge >= 0.3 is 6.18 Å². The second kappa shape index (κ2) is 6.63. The fraction of sp³-hybridized carbons (Fsp3) is 0.250. The zero-order chi connectivity index (χ0) is 15.3. The van der Waals surface area contributed by atoms with Crippen molar-refractivity contribution in [3.05, 3.63) is 65.2 Å². The highest BCUT2D eigenvalue weighted by Crippen LogP contribution is 2.29. The van der Waals surface area contributed by atoms with Gasteiger partial charge in [-0.2, -0.15) is 13.2 Å². The fourth-order valence-electron chi connectivity index (χ4n) is 1.92. The monoisotopic (exact) mass is 295 g/mol. The van der Waals surface area contributed by atoms with E-state index < -0.39 is 11.7 Å². The average molecular weight is 295 g/mol. The fourth-order valence-corrected chi connectivity index (χ4v) is 1.92. The first kappa shape index (κ1) is 15.4. The van der Waals surface area contributed by atoms with Crippen molar-refractivity contribution in [1.82, 2.24) is 0 Å². The highest BCUT2D eigenvalue weighted by atomic mass is 19.4. The molecule has 0 unspecified atom stereocenters. The van der Waals surface area contributed by atoms with Crippen LogP contribution in [-0.4, -0.2) is 6.54 Å². The van der Waals surface area contributed by atoms with E-state index in [0.29, 0.717) is 17.9 Å². The van der Waals surface area contributed by atoms with Crippen molar-refractivity contribution < 1.29 is 17.9 Å². The third-order valence-electron chi connectivity index (χ3n) is 3.02. The van der Waals surface area contributed by atoms with Gasteiger partial charge in [-0.25, -0.2) is 0 Å². The van der Waals surface area contributed by atoms with Gasteiger partial charge in [0.2, 0.25) is 0 Å². The molecule has 0 aromatic heterocycles. The molecule has 2 rings (SSSR count). The molecule has 112 valence electrons. The lowest BCUT2D eigenvalue weighted by Crippen LogP contribution is -2.06. The second-order valence-electron chi connectivity index (χ2n) is 4.67. The summed E-state index contributed by atoms with van der Waals surface area (Å²) in [7, 11) is 0. The molecule has 2 aromatic carbocycles. The predicted molar refractivity (Wildman–Crippen MR) is 75.0 cm³/mol. The second-order valence-corrected chi connectivity index (χ2v) is 4.67. The molecule has 5 heteroatoms. The first-order valence-electron chi connectivity index (χ1n) is 6.57. The number of ether oxygens (including phenoxy) is 1. The zero-order valence-electron chi connectivity index (χ0n) is 11.4. The number of halogens is 3. The summed E-state index contributed by atoms with van der Waals surface area (Å²) in [5.41, 5.74) is 6.38. The first-order valence-corrected chi connectivity index (χ1v) is 6.57. The lowest BCUT2D eigenvalue weighted by Gasteiger charge is -2.10. The van der Waals surface area contributed by atoms with Crippen LogP contribution in [0.2, 0.25) is 0 Å². The van der Waals surface area contributed by atoms with Crippen LogP contribution in [0.5, 0.6) is 5.75 Å². The van der Waals surface area contributed by atoms with E-state index in [2.05, 4.69) is 0 Å². The highest BCUT2D eigenvalue weighted by Gasteiger charge is 2.30. The molecule has 0 fully saturated rings. The molecule has 0 aliphatic rings. The van der Waals surface area contributed by atoms with Crippen molar-refractivity contribution in [2.45, 2.75) is 19.2 Å². The van der Waals surface area contributed by atoms with E-state index in [0.717, 1.165) is 24.1 Å². The van der Waals surface area contributed by atoms with Crippen molar-refractivity contribution in [3.8, 4) is 5.75 Å². The summed E-state index contributed by atoms with van der Waals surface area (Å²) in [4.78, 5) is 0. The maximum Gasteiger partial charge on any atom is 0.416 e. The maximum absolute atomic E-state index is 12.6. The minimum Gasteiger partial charge on any atom is -0.489 e. The van der Waals surface area contributed by atoms with Gasteiger partial charge in [-0.05, 0) is 48.4 Å². The van der Waals surface area contributed by atoms with Crippen molar-refractivity contribution in [1.29, 1.82) is 0 Å². The quantitative estimate of drug-likeness (QED) is 0.911. The summed E-state index contributed by atoms with van der Waals surface area (Å²) < 4.78 is 43.3. The minimum atomic E-state index is -4.33. The minimum absolute atomic E-state index is 0.0974. The van der Waals surface area contributed by atoms with Gasteiger partial charge in [-0.3, -0.25) is 0 Å². The Morgan fingerprint density at radius 3 is 2.29 bits per heavy atom. The molecule has 0 saturated heterocycles. The van der Waals surface area contributed by atoms with Crippen LogP contribution in [0.15, 0.2) is 48.5 Å². The van der Waals surface area contributed by atoms with Crippen LogP contribution in [0.4, 0.5) is 13.2 Å². The van der Waals surface area contributed by atoms with Crippen molar-refractivity contribution in [2.75, 3.05) is 6.54 Å². The largest absolute Gasteiger partial charge is 0.489 e. The van der Waals surface area contributed by atoms with Gasteiger partial charge < -0.3 is 10.5 Å². The zero-order valence-corrected chi connectivity index (χ0v) is 11.4. The molecule has 0 atom stereocenters. The number of hydrogen-bond acceptors (Lipinski definition) is 2. The van der Waals surface area contributed by atoms with Gasteiger partial charge in [0, 0.05) is 0 Å². The Bertz CT molecular complexity index is 579. The van der Waals surface area contributed by atoms with Crippen molar-refractivity contribution >= 4 is 0 Å². The van der Waals surface area contributed by atoms with Crippen LogP contribution in [0.25, 0.3) is 0 Å². The van der Waals surface area contributed by atoms with E-state index in [1.807, 2.05) is 12.1 Å². The molecule has 0 aliphatic carbocycles. The first-order chi connectivity index (χ1) is 9.99. The predicted octanol–water partition coefficient (Wildman–Crippen LogP) is 3.79. The van der Waals surface area contributed by atoms with Crippen LogP contribution in [0.3, 0.4) is 0 Å². The number of rotatable bonds is 5. The number of nitrogens with two attached hydrogens (primary N) is 1. The average Bonchev–Trinajstić information content (AvgIpc) is 2.46. The smallest absolute Gasteiger partial charge is 0.416 e. The SMILES string of the molecule is NCCc1ccc(OCc2cccc(C(F)(F)F)c2)cc1. The molecule has 2 aromatic rings. The summed E-state index contributed by atoms with van der Waals surface area (Å²) in [6.45, 7) is 0.671. The Labute approximate surface area is 121 Å². The van der Waals surface area contributed by atoms with Gasteiger partial charge in [-0.1, -0.05) is 24.3 Å². The molecule has 2 nitrogen and oxygen atoms in total. The molecule has 0 bridgehead atoms. The van der Waals surface area contributed by atoms with Gasteiger partial charge in [-0.15, -0.1) is 0 Å². The number of hydrogen-bond donors (Lipinski definition) is 1. The lowest BCUT2D eigenvalue weighted by molar-refractivity contribution is -0.137. The van der Waals surface area contributed by atoms with E-state index in [9.17, 15) is 13.2 Å². The Kier molecular flexibility index (Phi) is 4.85. The molecular formula is C16H16F3NO. The summed E-state index contributed by atoms with van der Waals surface area (Å²) in [6.07, 6.45) is -3.55. The summed E-state index contributed by atoms with van der Waals surface area (Å²) in [5, 5.41) is 0. The topological polar surface area (TPSA) is 35.2 Å². The third kappa shape index (κ3) is 4.49. The van der Waals surface area contributed by atoms with Crippen LogP contribution in [-0.2, 0) is 19.2 Å². The van der Waals surface area contributed by atoms with Crippen LogP contribution in [0, 0.1) is 0 Å². The van der Waals surface area contributed by atoms with E-state index >= 15 is 0 Å².